The van der Waals surface area contributed by atoms with E-state index in [1.54, 1.807) is 4.68 Å². The first-order chi connectivity index (χ1) is 9.90. The van der Waals surface area contributed by atoms with E-state index in [-0.39, 0.29) is 16.8 Å². The normalized spacial score (nSPS) is 16.7. The molecule has 0 aromatic carbocycles. The highest BCUT2D eigenvalue weighted by molar-refractivity contribution is 7.99. The van der Waals surface area contributed by atoms with Gasteiger partial charge in [0, 0.05) is 30.9 Å². The van der Waals surface area contributed by atoms with Crippen molar-refractivity contribution < 1.29 is 8.42 Å². The van der Waals surface area contributed by atoms with Gasteiger partial charge in [-0.3, -0.25) is 0 Å². The third-order valence-electron chi connectivity index (χ3n) is 3.85. The van der Waals surface area contributed by atoms with Crippen molar-refractivity contribution in [2.24, 2.45) is 0 Å². The standard InChI is InChI=1S/C13H24N4O2S2/c1-4-10(5-2)17-12(14)11(21(3,18)19)13(15-17)16-6-8-20-9-7-16/h10H,4-9,14H2,1-3H3. The first kappa shape index (κ1) is 16.5. The predicted octanol–water partition coefficient (Wildman–Crippen LogP) is 1.78. The lowest BCUT2D eigenvalue weighted by Gasteiger charge is -2.27. The van der Waals surface area contributed by atoms with Gasteiger partial charge in [0.1, 0.15) is 5.82 Å². The Hall–Kier alpha value is -0.890. The zero-order valence-corrected chi connectivity index (χ0v) is 14.5. The van der Waals surface area contributed by atoms with Crippen LogP contribution in [0.1, 0.15) is 32.7 Å². The molecule has 1 aromatic rings. The minimum Gasteiger partial charge on any atom is -0.383 e. The summed E-state index contributed by atoms with van der Waals surface area (Å²) < 4.78 is 26.0. The number of nitrogens with zero attached hydrogens (tertiary/aromatic N) is 3. The summed E-state index contributed by atoms with van der Waals surface area (Å²) in [5.41, 5.74) is 6.14. The van der Waals surface area contributed by atoms with Crippen molar-refractivity contribution in [2.75, 3.05) is 41.5 Å². The van der Waals surface area contributed by atoms with Gasteiger partial charge in [-0.2, -0.15) is 16.9 Å². The van der Waals surface area contributed by atoms with E-state index < -0.39 is 9.84 Å². The fraction of sp³-hybridized carbons (Fsp3) is 0.769. The second-order valence-corrected chi connectivity index (χ2v) is 8.50. The van der Waals surface area contributed by atoms with Crippen molar-refractivity contribution in [1.29, 1.82) is 0 Å². The van der Waals surface area contributed by atoms with Gasteiger partial charge in [-0.25, -0.2) is 13.1 Å². The molecule has 0 unspecified atom stereocenters. The fourth-order valence-corrected chi connectivity index (χ4v) is 4.55. The van der Waals surface area contributed by atoms with Crippen molar-refractivity contribution >= 4 is 33.2 Å². The predicted molar refractivity (Wildman–Crippen MR) is 88.9 cm³/mol. The van der Waals surface area contributed by atoms with E-state index in [0.717, 1.165) is 37.4 Å². The van der Waals surface area contributed by atoms with Gasteiger partial charge in [0.05, 0.1) is 6.04 Å². The van der Waals surface area contributed by atoms with Crippen LogP contribution in [0, 0.1) is 0 Å². The summed E-state index contributed by atoms with van der Waals surface area (Å²) in [4.78, 5) is 2.24. The third-order valence-corrected chi connectivity index (χ3v) is 5.93. The summed E-state index contributed by atoms with van der Waals surface area (Å²) in [6.07, 6.45) is 2.96. The number of nitrogen functional groups attached to an aromatic ring is 1. The molecule has 1 aliphatic heterocycles. The Balaban J connectivity index is 2.54. The molecule has 2 rings (SSSR count). The van der Waals surface area contributed by atoms with Crippen molar-refractivity contribution in [3.63, 3.8) is 0 Å². The molecule has 0 spiro atoms. The Morgan fingerprint density at radius 1 is 1.29 bits per heavy atom. The largest absolute Gasteiger partial charge is 0.383 e. The highest BCUT2D eigenvalue weighted by Gasteiger charge is 2.30. The summed E-state index contributed by atoms with van der Waals surface area (Å²) in [5, 5.41) is 4.57. The molecule has 0 saturated carbocycles. The average molecular weight is 332 g/mol. The van der Waals surface area contributed by atoms with E-state index in [4.69, 9.17) is 5.73 Å². The number of nitrogens with two attached hydrogens (primary N) is 1. The highest BCUT2D eigenvalue weighted by atomic mass is 32.2. The van der Waals surface area contributed by atoms with Crippen LogP contribution in [0.15, 0.2) is 4.90 Å². The van der Waals surface area contributed by atoms with Gasteiger partial charge < -0.3 is 10.6 Å². The van der Waals surface area contributed by atoms with Crippen LogP contribution in [0.4, 0.5) is 11.6 Å². The van der Waals surface area contributed by atoms with E-state index >= 15 is 0 Å². The SMILES string of the molecule is CCC(CC)n1nc(N2CCSCC2)c(S(C)(=O)=O)c1N. The molecule has 0 radical (unpaired) electrons. The van der Waals surface area contributed by atoms with Crippen LogP contribution in [0.3, 0.4) is 0 Å². The van der Waals surface area contributed by atoms with Crippen LogP contribution in [0.5, 0.6) is 0 Å². The summed E-state index contributed by atoms with van der Waals surface area (Å²) in [6.45, 7) is 5.75. The van der Waals surface area contributed by atoms with Crippen molar-refractivity contribution in [2.45, 2.75) is 37.6 Å². The summed E-state index contributed by atoms with van der Waals surface area (Å²) in [7, 11) is -3.40. The molecule has 21 heavy (non-hydrogen) atoms. The van der Waals surface area contributed by atoms with E-state index in [9.17, 15) is 8.42 Å². The molecule has 6 nitrogen and oxygen atoms in total. The molecular weight excluding hydrogens is 308 g/mol. The highest BCUT2D eigenvalue weighted by Crippen LogP contribution is 2.34. The van der Waals surface area contributed by atoms with E-state index in [0.29, 0.717) is 5.82 Å². The quantitative estimate of drug-likeness (QED) is 0.885. The maximum Gasteiger partial charge on any atom is 0.182 e. The van der Waals surface area contributed by atoms with Gasteiger partial charge in [-0.05, 0) is 12.8 Å². The molecule has 1 aliphatic rings. The molecule has 0 atom stereocenters. The minimum absolute atomic E-state index is 0.137. The molecule has 0 bridgehead atoms. The van der Waals surface area contributed by atoms with Crippen LogP contribution in [-0.4, -0.2) is 49.0 Å². The molecule has 1 aromatic heterocycles. The number of hydrogen-bond acceptors (Lipinski definition) is 6. The van der Waals surface area contributed by atoms with Crippen LogP contribution in [-0.2, 0) is 9.84 Å². The number of thioether (sulfide) groups is 1. The number of aromatic nitrogens is 2. The molecule has 0 amide bonds. The lowest BCUT2D eigenvalue weighted by molar-refractivity contribution is 0.434. The van der Waals surface area contributed by atoms with E-state index in [2.05, 4.69) is 18.9 Å². The number of hydrogen-bond donors (Lipinski definition) is 1. The van der Waals surface area contributed by atoms with Gasteiger partial charge in [0.25, 0.3) is 0 Å². The minimum atomic E-state index is -3.40. The molecule has 2 N–H and O–H groups in total. The Labute approximate surface area is 131 Å². The molecule has 1 fully saturated rings. The summed E-state index contributed by atoms with van der Waals surface area (Å²) in [6, 6.07) is 0.137. The zero-order valence-electron chi connectivity index (χ0n) is 12.9. The van der Waals surface area contributed by atoms with E-state index in [1.165, 1.54) is 6.26 Å². The number of anilines is 2. The van der Waals surface area contributed by atoms with Crippen molar-refractivity contribution in [3.8, 4) is 0 Å². The van der Waals surface area contributed by atoms with Gasteiger partial charge in [-0.15, -0.1) is 0 Å². The monoisotopic (exact) mass is 332 g/mol. The third kappa shape index (κ3) is 3.31. The Kier molecular flexibility index (Phi) is 5.08. The molecule has 1 saturated heterocycles. The number of rotatable bonds is 5. The van der Waals surface area contributed by atoms with Crippen molar-refractivity contribution in [1.82, 2.24) is 9.78 Å². The fourth-order valence-electron chi connectivity index (χ4n) is 2.67. The first-order valence-electron chi connectivity index (χ1n) is 7.30. The number of sulfone groups is 1. The molecular formula is C13H24N4O2S2. The second-order valence-electron chi connectivity index (χ2n) is 5.32. The van der Waals surface area contributed by atoms with Crippen LogP contribution < -0.4 is 10.6 Å². The Morgan fingerprint density at radius 3 is 2.33 bits per heavy atom. The second kappa shape index (κ2) is 6.48. The van der Waals surface area contributed by atoms with Crippen molar-refractivity contribution in [3.05, 3.63) is 0 Å². The Morgan fingerprint density at radius 2 is 1.86 bits per heavy atom. The summed E-state index contributed by atoms with van der Waals surface area (Å²) >= 11 is 1.88. The smallest absolute Gasteiger partial charge is 0.182 e. The average Bonchev–Trinajstić information content (AvgIpc) is 2.79. The van der Waals surface area contributed by atoms with Crippen LogP contribution in [0.25, 0.3) is 0 Å². The molecule has 0 aliphatic carbocycles. The Bertz CT molecular complexity index is 588. The lowest BCUT2D eigenvalue weighted by Crippen LogP contribution is -2.33. The van der Waals surface area contributed by atoms with E-state index in [1.807, 2.05) is 16.7 Å². The lowest BCUT2D eigenvalue weighted by atomic mass is 10.2. The molecule has 2 heterocycles. The first-order valence-corrected chi connectivity index (χ1v) is 10.4. The van der Waals surface area contributed by atoms with Gasteiger partial charge in [0.15, 0.2) is 20.6 Å². The maximum atomic E-state index is 12.2. The van der Waals surface area contributed by atoms with Crippen LogP contribution >= 0.6 is 11.8 Å². The summed E-state index contributed by atoms with van der Waals surface area (Å²) in [5.74, 6) is 2.78. The maximum absolute atomic E-state index is 12.2. The van der Waals surface area contributed by atoms with Gasteiger partial charge in [-0.1, -0.05) is 13.8 Å². The topological polar surface area (TPSA) is 81.2 Å². The van der Waals surface area contributed by atoms with Gasteiger partial charge in [0.2, 0.25) is 0 Å². The van der Waals surface area contributed by atoms with Gasteiger partial charge >= 0.3 is 0 Å². The zero-order chi connectivity index (χ0) is 15.6. The molecule has 8 heteroatoms. The van der Waals surface area contributed by atoms with Crippen LogP contribution in [0.2, 0.25) is 0 Å². The molecule has 120 valence electrons.